The molecule has 0 saturated heterocycles. The summed E-state index contributed by atoms with van der Waals surface area (Å²) in [5.41, 5.74) is 2.66. The summed E-state index contributed by atoms with van der Waals surface area (Å²) in [7, 11) is 0. The molecule has 0 bridgehead atoms. The Hall–Kier alpha value is -2.80. The first-order chi connectivity index (χ1) is 17.4. The molecule has 36 heavy (non-hydrogen) atoms. The number of hydrogen-bond donors (Lipinski definition) is 1. The second-order valence-corrected chi connectivity index (χ2v) is 11.1. The zero-order valence-corrected chi connectivity index (χ0v) is 22.7. The van der Waals surface area contributed by atoms with Gasteiger partial charge in [0.15, 0.2) is 17.1 Å². The van der Waals surface area contributed by atoms with Gasteiger partial charge in [0.25, 0.3) is 0 Å². The van der Waals surface area contributed by atoms with E-state index in [0.717, 1.165) is 36.8 Å². The third kappa shape index (κ3) is 5.94. The SMILES string of the molecule is C=CCn1c(SCC(=O)Nc2sc3c(c2C#N)CCCCC3)nnc1C(C)Oc1ccc(Cl)c(C)c1. The van der Waals surface area contributed by atoms with Crippen LogP contribution < -0.4 is 10.1 Å². The number of hydrogen-bond acceptors (Lipinski definition) is 7. The Morgan fingerprint density at radius 2 is 2.19 bits per heavy atom. The van der Waals surface area contributed by atoms with Crippen LogP contribution in [0.4, 0.5) is 5.00 Å². The highest BCUT2D eigenvalue weighted by Crippen LogP contribution is 2.37. The summed E-state index contributed by atoms with van der Waals surface area (Å²) in [6.07, 6.45) is 6.66. The number of anilines is 1. The van der Waals surface area contributed by atoms with E-state index in [4.69, 9.17) is 16.3 Å². The first-order valence-corrected chi connectivity index (χ1v) is 14.0. The number of aromatic nitrogens is 3. The van der Waals surface area contributed by atoms with Crippen molar-refractivity contribution < 1.29 is 9.53 Å². The monoisotopic (exact) mass is 541 g/mol. The average Bonchev–Trinajstić information content (AvgIpc) is 3.32. The lowest BCUT2D eigenvalue weighted by atomic mass is 10.1. The molecule has 1 aromatic carbocycles. The number of nitrogens with zero attached hydrogens (tertiary/aromatic N) is 4. The molecule has 3 aromatic rings. The van der Waals surface area contributed by atoms with Crippen molar-refractivity contribution in [2.75, 3.05) is 11.1 Å². The molecule has 0 spiro atoms. The first-order valence-electron chi connectivity index (χ1n) is 11.8. The van der Waals surface area contributed by atoms with Crippen LogP contribution in [-0.2, 0) is 24.2 Å². The van der Waals surface area contributed by atoms with Crippen LogP contribution >= 0.6 is 34.7 Å². The Bertz CT molecular complexity index is 1310. The predicted octanol–water partition coefficient (Wildman–Crippen LogP) is 6.50. The number of allylic oxidation sites excluding steroid dienone is 1. The molecule has 0 fully saturated rings. The van der Waals surface area contributed by atoms with Crippen LogP contribution in [0.1, 0.15) is 59.7 Å². The standard InChI is InChI=1S/C26H28ClN5O2S2/c1-4-12-32-24(17(3)34-18-10-11-21(27)16(2)13-18)30-31-26(32)35-15-23(33)29-25-20(14-28)19-8-6-5-7-9-22(19)36-25/h4,10-11,13,17H,1,5-9,12,15H2,2-3H3,(H,29,33). The number of thioether (sulfide) groups is 1. The molecule has 0 aliphatic heterocycles. The molecule has 1 N–H and O–H groups in total. The van der Waals surface area contributed by atoms with Gasteiger partial charge < -0.3 is 10.1 Å². The molecule has 188 valence electrons. The molecule has 1 aliphatic rings. The number of halogens is 1. The highest BCUT2D eigenvalue weighted by molar-refractivity contribution is 7.99. The first kappa shape index (κ1) is 26.3. The van der Waals surface area contributed by atoms with Gasteiger partial charge in [-0.3, -0.25) is 9.36 Å². The van der Waals surface area contributed by atoms with Crippen molar-refractivity contribution in [2.45, 2.75) is 63.8 Å². The van der Waals surface area contributed by atoms with Crippen molar-refractivity contribution in [3.63, 3.8) is 0 Å². The Kier molecular flexibility index (Phi) is 8.72. The van der Waals surface area contributed by atoms with Gasteiger partial charge in [-0.25, -0.2) is 0 Å². The number of amides is 1. The third-order valence-electron chi connectivity index (χ3n) is 5.98. The Morgan fingerprint density at radius 3 is 2.94 bits per heavy atom. The molecule has 1 aliphatic carbocycles. The zero-order valence-electron chi connectivity index (χ0n) is 20.3. The second-order valence-electron chi connectivity index (χ2n) is 8.63. The zero-order chi connectivity index (χ0) is 25.7. The van der Waals surface area contributed by atoms with E-state index in [2.05, 4.69) is 28.2 Å². The van der Waals surface area contributed by atoms with Crippen LogP contribution in [0.15, 0.2) is 36.0 Å². The lowest BCUT2D eigenvalue weighted by Gasteiger charge is -2.16. The van der Waals surface area contributed by atoms with E-state index in [9.17, 15) is 10.1 Å². The van der Waals surface area contributed by atoms with Crippen LogP contribution in [0.5, 0.6) is 5.75 Å². The van der Waals surface area contributed by atoms with Gasteiger partial charge in [0.2, 0.25) is 5.91 Å². The minimum absolute atomic E-state index is 0.147. The number of benzene rings is 1. The fourth-order valence-corrected chi connectivity index (χ4v) is 6.33. The number of nitrogens with one attached hydrogen (secondary N) is 1. The van der Waals surface area contributed by atoms with Crippen LogP contribution in [0.25, 0.3) is 0 Å². The molecule has 2 heterocycles. The number of fused-ring (bicyclic) bond motifs is 1. The Balaban J connectivity index is 1.43. The van der Waals surface area contributed by atoms with Crippen molar-refractivity contribution in [3.05, 3.63) is 63.3 Å². The fraction of sp³-hybridized carbons (Fsp3) is 0.385. The molecule has 0 saturated carbocycles. The van der Waals surface area contributed by atoms with Gasteiger partial charge in [-0.1, -0.05) is 35.9 Å². The van der Waals surface area contributed by atoms with Gasteiger partial charge >= 0.3 is 0 Å². The number of ether oxygens (including phenoxy) is 1. The third-order valence-corrected chi connectivity index (χ3v) is 8.58. The number of thiophene rings is 1. The van der Waals surface area contributed by atoms with Crippen molar-refractivity contribution >= 4 is 45.6 Å². The van der Waals surface area contributed by atoms with Crippen LogP contribution in [0.3, 0.4) is 0 Å². The summed E-state index contributed by atoms with van der Waals surface area (Å²) in [6.45, 7) is 8.15. The summed E-state index contributed by atoms with van der Waals surface area (Å²) in [5.74, 6) is 1.30. The van der Waals surface area contributed by atoms with E-state index in [1.807, 2.05) is 30.5 Å². The number of aryl methyl sites for hydroxylation is 2. The highest BCUT2D eigenvalue weighted by atomic mass is 35.5. The Morgan fingerprint density at radius 1 is 1.39 bits per heavy atom. The predicted molar refractivity (Wildman–Crippen MR) is 145 cm³/mol. The van der Waals surface area contributed by atoms with E-state index in [0.29, 0.717) is 38.9 Å². The maximum absolute atomic E-state index is 12.8. The summed E-state index contributed by atoms with van der Waals surface area (Å²) < 4.78 is 7.98. The van der Waals surface area contributed by atoms with Gasteiger partial charge in [0.05, 0.1) is 11.3 Å². The lowest BCUT2D eigenvalue weighted by molar-refractivity contribution is -0.113. The molecule has 1 amide bonds. The molecule has 2 aromatic heterocycles. The lowest BCUT2D eigenvalue weighted by Crippen LogP contribution is -2.15. The van der Waals surface area contributed by atoms with Crippen LogP contribution in [0, 0.1) is 18.3 Å². The van der Waals surface area contributed by atoms with Gasteiger partial charge in [0, 0.05) is 16.4 Å². The minimum Gasteiger partial charge on any atom is -0.483 e. The number of nitriles is 1. The van der Waals surface area contributed by atoms with E-state index in [1.165, 1.54) is 34.4 Å². The van der Waals surface area contributed by atoms with Crippen LogP contribution in [0.2, 0.25) is 5.02 Å². The summed E-state index contributed by atoms with van der Waals surface area (Å²) in [5, 5.41) is 23.2. The minimum atomic E-state index is -0.374. The molecular formula is C26H28ClN5O2S2. The van der Waals surface area contributed by atoms with Crippen molar-refractivity contribution in [1.82, 2.24) is 14.8 Å². The number of rotatable bonds is 9. The molecule has 0 radical (unpaired) electrons. The van der Waals surface area contributed by atoms with E-state index >= 15 is 0 Å². The molecule has 4 rings (SSSR count). The van der Waals surface area contributed by atoms with Crippen LogP contribution in [-0.4, -0.2) is 26.4 Å². The van der Waals surface area contributed by atoms with Crippen molar-refractivity contribution in [3.8, 4) is 11.8 Å². The van der Waals surface area contributed by atoms with Crippen molar-refractivity contribution in [1.29, 1.82) is 5.26 Å². The number of carbonyl (C=O) groups excluding carboxylic acids is 1. The topological polar surface area (TPSA) is 92.8 Å². The molecular weight excluding hydrogens is 514 g/mol. The van der Waals surface area contributed by atoms with Gasteiger partial charge in [-0.2, -0.15) is 5.26 Å². The van der Waals surface area contributed by atoms with Gasteiger partial charge in [-0.15, -0.1) is 28.1 Å². The maximum atomic E-state index is 12.8. The summed E-state index contributed by atoms with van der Waals surface area (Å²) >= 11 is 8.95. The molecule has 7 nitrogen and oxygen atoms in total. The van der Waals surface area contributed by atoms with E-state index < -0.39 is 0 Å². The summed E-state index contributed by atoms with van der Waals surface area (Å²) in [4.78, 5) is 14.0. The highest BCUT2D eigenvalue weighted by Gasteiger charge is 2.23. The quantitative estimate of drug-likeness (QED) is 0.189. The fourth-order valence-electron chi connectivity index (χ4n) is 4.20. The molecule has 10 heteroatoms. The van der Waals surface area contributed by atoms with Gasteiger partial charge in [0.1, 0.15) is 16.8 Å². The van der Waals surface area contributed by atoms with Crippen molar-refractivity contribution in [2.24, 2.45) is 0 Å². The number of carbonyl (C=O) groups is 1. The second kappa shape index (κ2) is 12.0. The Labute approximate surface area is 224 Å². The van der Waals surface area contributed by atoms with E-state index in [-0.39, 0.29) is 17.8 Å². The molecule has 1 unspecified atom stereocenters. The largest absolute Gasteiger partial charge is 0.483 e. The van der Waals surface area contributed by atoms with Gasteiger partial charge in [-0.05, 0) is 68.9 Å². The van der Waals surface area contributed by atoms with E-state index in [1.54, 1.807) is 12.1 Å². The smallest absolute Gasteiger partial charge is 0.235 e. The molecule has 1 atom stereocenters. The maximum Gasteiger partial charge on any atom is 0.235 e. The normalized spacial score (nSPS) is 13.8. The summed E-state index contributed by atoms with van der Waals surface area (Å²) in [6, 6.07) is 7.81. The average molecular weight is 542 g/mol.